The van der Waals surface area contributed by atoms with Crippen LogP contribution in [0.2, 0.25) is 0 Å². The average molecular weight is 472 g/mol. The number of para-hydroxylation sites is 1. The van der Waals surface area contributed by atoms with E-state index in [2.05, 4.69) is 25.6 Å². The number of hydrogen-bond acceptors (Lipinski definition) is 4. The number of ether oxygens (including phenoxy) is 1. The van der Waals surface area contributed by atoms with E-state index in [9.17, 15) is 8.42 Å². The van der Waals surface area contributed by atoms with Crippen molar-refractivity contribution in [1.82, 2.24) is 9.38 Å². The van der Waals surface area contributed by atoms with Gasteiger partial charge in [0.1, 0.15) is 16.3 Å². The Labute approximate surface area is 177 Å². The number of aromatic nitrogens is 2. The molecule has 6 nitrogen and oxygen atoms in total. The van der Waals surface area contributed by atoms with Crippen molar-refractivity contribution in [3.63, 3.8) is 0 Å². The van der Waals surface area contributed by atoms with Crippen molar-refractivity contribution in [3.05, 3.63) is 77.5 Å². The molecular weight excluding hydrogens is 454 g/mol. The second kappa shape index (κ2) is 7.88. The molecule has 2 heterocycles. The van der Waals surface area contributed by atoms with Gasteiger partial charge in [-0.1, -0.05) is 40.2 Å². The SMILES string of the molecule is CCOc1ccc(Br)cc1S(=O)(=O)Nc1ccccc1-c1cn2ccccc2n1. The summed E-state index contributed by atoms with van der Waals surface area (Å²) in [7, 11) is -3.89. The van der Waals surface area contributed by atoms with Crippen molar-refractivity contribution in [1.29, 1.82) is 0 Å². The highest BCUT2D eigenvalue weighted by Gasteiger charge is 2.22. The zero-order valence-corrected chi connectivity index (χ0v) is 17.9. The van der Waals surface area contributed by atoms with Gasteiger partial charge in [-0.25, -0.2) is 13.4 Å². The third-order valence-electron chi connectivity index (χ3n) is 4.31. The van der Waals surface area contributed by atoms with E-state index in [-0.39, 0.29) is 4.90 Å². The van der Waals surface area contributed by atoms with Gasteiger partial charge in [0.15, 0.2) is 0 Å². The van der Waals surface area contributed by atoms with Crippen molar-refractivity contribution in [2.45, 2.75) is 11.8 Å². The number of sulfonamides is 1. The summed E-state index contributed by atoms with van der Waals surface area (Å²) in [5.41, 5.74) is 2.59. The summed E-state index contributed by atoms with van der Waals surface area (Å²) in [4.78, 5) is 4.67. The molecule has 2 aromatic heterocycles. The first-order chi connectivity index (χ1) is 14.0. The molecule has 8 heteroatoms. The number of hydrogen-bond donors (Lipinski definition) is 1. The van der Waals surface area contributed by atoms with Crippen LogP contribution in [0.4, 0.5) is 5.69 Å². The second-order valence-corrected chi connectivity index (χ2v) is 8.83. The summed E-state index contributed by atoms with van der Waals surface area (Å²) in [6.07, 6.45) is 3.77. The maximum absolute atomic E-state index is 13.2. The Morgan fingerprint density at radius 3 is 2.69 bits per heavy atom. The zero-order chi connectivity index (χ0) is 20.4. The molecule has 0 amide bonds. The molecule has 4 aromatic rings. The van der Waals surface area contributed by atoms with E-state index in [0.29, 0.717) is 33.8 Å². The van der Waals surface area contributed by atoms with E-state index in [1.165, 1.54) is 6.07 Å². The van der Waals surface area contributed by atoms with Gasteiger partial charge in [0.2, 0.25) is 0 Å². The summed E-state index contributed by atoms with van der Waals surface area (Å²) in [5, 5.41) is 0. The van der Waals surface area contributed by atoms with Crippen molar-refractivity contribution in [2.24, 2.45) is 0 Å². The monoisotopic (exact) mass is 471 g/mol. The van der Waals surface area contributed by atoms with E-state index in [1.54, 1.807) is 24.3 Å². The number of halogens is 1. The third kappa shape index (κ3) is 3.99. The molecule has 0 aliphatic carbocycles. The molecule has 2 aromatic carbocycles. The van der Waals surface area contributed by atoms with Crippen molar-refractivity contribution >= 4 is 37.3 Å². The minimum atomic E-state index is -3.89. The number of fused-ring (bicyclic) bond motifs is 1. The van der Waals surface area contributed by atoms with Crippen molar-refractivity contribution in [3.8, 4) is 17.0 Å². The maximum atomic E-state index is 13.2. The minimum absolute atomic E-state index is 0.0681. The molecule has 0 aliphatic rings. The molecule has 148 valence electrons. The Hall–Kier alpha value is -2.84. The molecule has 0 unspecified atom stereocenters. The molecule has 29 heavy (non-hydrogen) atoms. The number of rotatable bonds is 6. The molecule has 0 atom stereocenters. The molecule has 1 N–H and O–H groups in total. The number of pyridine rings is 1. The zero-order valence-electron chi connectivity index (χ0n) is 15.5. The van der Waals surface area contributed by atoms with E-state index in [0.717, 1.165) is 5.65 Å². The fraction of sp³-hybridized carbons (Fsp3) is 0.0952. The van der Waals surface area contributed by atoms with Crippen LogP contribution < -0.4 is 9.46 Å². The first kappa shape index (κ1) is 19.5. The van der Waals surface area contributed by atoms with Crippen LogP contribution in [0.5, 0.6) is 5.75 Å². The number of nitrogens with zero attached hydrogens (tertiary/aromatic N) is 2. The van der Waals surface area contributed by atoms with Crippen LogP contribution in [0.25, 0.3) is 16.9 Å². The molecule has 0 fully saturated rings. The highest BCUT2D eigenvalue weighted by molar-refractivity contribution is 9.10. The summed E-state index contributed by atoms with van der Waals surface area (Å²) in [6, 6.07) is 17.8. The van der Waals surface area contributed by atoms with Gasteiger partial charge in [-0.2, -0.15) is 0 Å². The predicted molar refractivity (Wildman–Crippen MR) is 117 cm³/mol. The normalized spacial score (nSPS) is 11.5. The van der Waals surface area contributed by atoms with Gasteiger partial charge >= 0.3 is 0 Å². The van der Waals surface area contributed by atoms with Crippen LogP contribution in [0.3, 0.4) is 0 Å². The Morgan fingerprint density at radius 1 is 1.10 bits per heavy atom. The fourth-order valence-electron chi connectivity index (χ4n) is 3.03. The third-order valence-corrected chi connectivity index (χ3v) is 6.19. The quantitative estimate of drug-likeness (QED) is 0.431. The summed E-state index contributed by atoms with van der Waals surface area (Å²) < 4.78 is 37.1. The Kier molecular flexibility index (Phi) is 5.29. The number of imidazole rings is 1. The maximum Gasteiger partial charge on any atom is 0.265 e. The lowest BCUT2D eigenvalue weighted by Gasteiger charge is -2.14. The lowest BCUT2D eigenvalue weighted by molar-refractivity contribution is 0.331. The molecule has 0 saturated carbocycles. The Morgan fingerprint density at radius 2 is 1.90 bits per heavy atom. The van der Waals surface area contributed by atoms with Crippen LogP contribution in [-0.4, -0.2) is 24.4 Å². The molecule has 0 radical (unpaired) electrons. The molecule has 0 spiro atoms. The summed E-state index contributed by atoms with van der Waals surface area (Å²) in [5.74, 6) is 0.299. The Bertz CT molecular complexity index is 1250. The topological polar surface area (TPSA) is 72.7 Å². The van der Waals surface area contributed by atoms with Crippen molar-refractivity contribution < 1.29 is 13.2 Å². The largest absolute Gasteiger partial charge is 0.492 e. The Balaban J connectivity index is 1.77. The lowest BCUT2D eigenvalue weighted by Crippen LogP contribution is -2.15. The van der Waals surface area contributed by atoms with Crippen LogP contribution in [-0.2, 0) is 10.0 Å². The first-order valence-electron chi connectivity index (χ1n) is 8.96. The van der Waals surface area contributed by atoms with E-state index in [1.807, 2.05) is 54.0 Å². The summed E-state index contributed by atoms with van der Waals surface area (Å²) in [6.45, 7) is 2.17. The van der Waals surface area contributed by atoms with Gasteiger partial charge in [-0.3, -0.25) is 4.72 Å². The molecular formula is C21H18BrN3O3S. The smallest absolute Gasteiger partial charge is 0.265 e. The van der Waals surface area contributed by atoms with Gasteiger partial charge in [0, 0.05) is 22.4 Å². The molecule has 0 aliphatic heterocycles. The van der Waals surface area contributed by atoms with Gasteiger partial charge < -0.3 is 9.14 Å². The number of anilines is 1. The fourth-order valence-corrected chi connectivity index (χ4v) is 4.79. The van der Waals surface area contributed by atoms with E-state index < -0.39 is 10.0 Å². The van der Waals surface area contributed by atoms with Gasteiger partial charge in [-0.15, -0.1) is 0 Å². The molecule has 0 bridgehead atoms. The van der Waals surface area contributed by atoms with E-state index >= 15 is 0 Å². The van der Waals surface area contributed by atoms with Gasteiger partial charge in [0.05, 0.1) is 18.0 Å². The molecule has 4 rings (SSSR count). The summed E-state index contributed by atoms with van der Waals surface area (Å²) >= 11 is 3.34. The predicted octanol–water partition coefficient (Wildman–Crippen LogP) is 4.96. The number of benzene rings is 2. The highest BCUT2D eigenvalue weighted by atomic mass is 79.9. The van der Waals surface area contributed by atoms with E-state index in [4.69, 9.17) is 4.74 Å². The first-order valence-corrected chi connectivity index (χ1v) is 11.2. The average Bonchev–Trinajstić information content (AvgIpc) is 3.13. The van der Waals surface area contributed by atoms with Crippen LogP contribution in [0.1, 0.15) is 6.92 Å². The van der Waals surface area contributed by atoms with Crippen LogP contribution in [0, 0.1) is 0 Å². The van der Waals surface area contributed by atoms with Gasteiger partial charge in [-0.05, 0) is 43.3 Å². The van der Waals surface area contributed by atoms with Crippen LogP contribution in [0.15, 0.2) is 82.4 Å². The number of nitrogens with one attached hydrogen (secondary N) is 1. The van der Waals surface area contributed by atoms with Crippen LogP contribution >= 0.6 is 15.9 Å². The second-order valence-electron chi connectivity index (χ2n) is 6.27. The van der Waals surface area contributed by atoms with Gasteiger partial charge in [0.25, 0.3) is 10.0 Å². The lowest BCUT2D eigenvalue weighted by atomic mass is 10.1. The van der Waals surface area contributed by atoms with Crippen molar-refractivity contribution in [2.75, 3.05) is 11.3 Å². The standard InChI is InChI=1S/C21H18BrN3O3S/c1-2-28-19-11-10-15(22)13-20(19)29(26,27)24-17-8-4-3-7-16(17)18-14-25-12-6-5-9-21(25)23-18/h3-14,24H,2H2,1H3. The minimum Gasteiger partial charge on any atom is -0.492 e. The highest BCUT2D eigenvalue weighted by Crippen LogP contribution is 2.33. The molecule has 0 saturated heterocycles.